The van der Waals surface area contributed by atoms with Crippen LogP contribution in [0.1, 0.15) is 15.1 Å². The minimum absolute atomic E-state index is 0.0472. The second-order valence-electron chi connectivity index (χ2n) is 10.8. The molecular formula is C44H28O. The van der Waals surface area contributed by atoms with Crippen molar-refractivity contribution in [2.75, 3.05) is 0 Å². The maximum Gasteiger partial charge on any atom is 0.143 e. The highest BCUT2D eigenvalue weighted by molar-refractivity contribution is 6.21. The minimum atomic E-state index is -0.653. The van der Waals surface area contributed by atoms with Crippen molar-refractivity contribution >= 4 is 43.5 Å². The summed E-state index contributed by atoms with van der Waals surface area (Å²) in [5, 5.41) is 4.11. The number of benzene rings is 8. The van der Waals surface area contributed by atoms with Crippen LogP contribution in [0.25, 0.3) is 88.0 Å². The molecule has 8 aromatic carbocycles. The molecular weight excluding hydrogens is 544 g/mol. The van der Waals surface area contributed by atoms with Gasteiger partial charge in [0, 0.05) is 16.3 Å². The molecule has 0 fully saturated rings. The first-order valence-electron chi connectivity index (χ1n) is 20.0. The number of hydrogen-bond acceptors (Lipinski definition) is 1. The highest BCUT2D eigenvalue weighted by Crippen LogP contribution is 2.45. The van der Waals surface area contributed by atoms with Crippen molar-refractivity contribution in [2.45, 2.75) is 0 Å². The maximum absolute atomic E-state index is 9.05. The summed E-state index contributed by atoms with van der Waals surface area (Å²) in [5.74, 6) is 0. The monoisotopic (exact) mass is 583 g/mol. The van der Waals surface area contributed by atoms with Crippen LogP contribution in [-0.4, -0.2) is 0 Å². The third kappa shape index (κ3) is 4.09. The zero-order valence-corrected chi connectivity index (χ0v) is 23.7. The van der Waals surface area contributed by atoms with Crippen molar-refractivity contribution in [1.29, 1.82) is 0 Å². The first-order chi connectivity index (χ1) is 26.9. The standard InChI is InChI=1S/C44H28O/c1-3-13-29(14-4-1)33-21-12-24-40-43(33)39-23-11-22-34(44(39)45-40)30-25-27-32(28-26-30)42-37-19-9-7-17-35(37)41(31-15-5-2-6-16-31)36-18-8-10-20-38(36)42/h1-28H/i1D,3D,4D,11D,12D,13D,14D,21D,22D,23D,24D. The molecule has 0 aliphatic rings. The lowest BCUT2D eigenvalue weighted by Gasteiger charge is -2.18. The van der Waals surface area contributed by atoms with Gasteiger partial charge in [0.1, 0.15) is 11.2 Å². The highest BCUT2D eigenvalue weighted by atomic mass is 16.3. The van der Waals surface area contributed by atoms with Gasteiger partial charge in [-0.3, -0.25) is 0 Å². The van der Waals surface area contributed by atoms with Gasteiger partial charge in [0.2, 0.25) is 0 Å². The van der Waals surface area contributed by atoms with E-state index in [1.54, 1.807) is 12.1 Å². The predicted molar refractivity (Wildman–Crippen MR) is 190 cm³/mol. The van der Waals surface area contributed by atoms with Crippen LogP contribution < -0.4 is 0 Å². The van der Waals surface area contributed by atoms with Crippen LogP contribution in [0.5, 0.6) is 0 Å². The first-order valence-corrected chi connectivity index (χ1v) is 14.5. The Morgan fingerprint density at radius 3 is 1.56 bits per heavy atom. The Morgan fingerprint density at radius 2 is 0.911 bits per heavy atom. The molecule has 0 atom stereocenters. The lowest BCUT2D eigenvalue weighted by Crippen LogP contribution is -1.90. The minimum Gasteiger partial charge on any atom is -0.455 e. The van der Waals surface area contributed by atoms with Gasteiger partial charge < -0.3 is 4.42 Å². The van der Waals surface area contributed by atoms with Crippen molar-refractivity contribution < 1.29 is 19.5 Å². The zero-order chi connectivity index (χ0) is 39.3. The summed E-state index contributed by atoms with van der Waals surface area (Å²) >= 11 is 0. The Labute approximate surface area is 277 Å². The number of furan rings is 1. The van der Waals surface area contributed by atoms with Crippen molar-refractivity contribution in [1.82, 2.24) is 0 Å². The highest BCUT2D eigenvalue weighted by Gasteiger charge is 2.18. The van der Waals surface area contributed by atoms with E-state index in [1.807, 2.05) is 54.6 Å². The summed E-state index contributed by atoms with van der Waals surface area (Å²) in [5.41, 5.74) is 3.79. The smallest absolute Gasteiger partial charge is 0.143 e. The van der Waals surface area contributed by atoms with Gasteiger partial charge in [-0.15, -0.1) is 0 Å². The Bertz CT molecular complexity index is 3050. The fraction of sp³-hybridized carbons (Fsp3) is 0. The largest absolute Gasteiger partial charge is 0.455 e. The quantitative estimate of drug-likeness (QED) is 0.188. The van der Waals surface area contributed by atoms with Crippen LogP contribution in [-0.2, 0) is 0 Å². The van der Waals surface area contributed by atoms with Crippen molar-refractivity contribution in [3.63, 3.8) is 0 Å². The predicted octanol–water partition coefficient (Wildman–Crippen LogP) is 12.6. The molecule has 210 valence electrons. The fourth-order valence-electron chi connectivity index (χ4n) is 6.40. The Balaban J connectivity index is 1.31. The van der Waals surface area contributed by atoms with Gasteiger partial charge in [-0.1, -0.05) is 164 Å². The average Bonchev–Trinajstić information content (AvgIpc) is 3.61. The molecule has 9 aromatic rings. The van der Waals surface area contributed by atoms with Crippen LogP contribution in [0.2, 0.25) is 0 Å². The molecule has 0 amide bonds. The lowest BCUT2D eigenvalue weighted by molar-refractivity contribution is 0.670. The molecule has 45 heavy (non-hydrogen) atoms. The molecule has 0 spiro atoms. The summed E-state index contributed by atoms with van der Waals surface area (Å²) in [6, 6.07) is 28.1. The third-order valence-corrected chi connectivity index (χ3v) is 8.33. The molecule has 0 unspecified atom stereocenters. The summed E-state index contributed by atoms with van der Waals surface area (Å²) in [6.45, 7) is 0. The van der Waals surface area contributed by atoms with Crippen molar-refractivity contribution in [3.8, 4) is 44.5 Å². The third-order valence-electron chi connectivity index (χ3n) is 8.33. The molecule has 1 heterocycles. The van der Waals surface area contributed by atoms with E-state index < -0.39 is 60.4 Å². The van der Waals surface area contributed by atoms with Gasteiger partial charge in [-0.05, 0) is 66.5 Å². The molecule has 0 N–H and O–H groups in total. The molecule has 9 rings (SSSR count). The summed E-state index contributed by atoms with van der Waals surface area (Å²) < 4.78 is 101. The zero-order valence-electron chi connectivity index (χ0n) is 34.7. The van der Waals surface area contributed by atoms with Gasteiger partial charge in [0.15, 0.2) is 0 Å². The SMILES string of the molecule is [2H]c1c([2H])c([2H])c(-c2c([2H])c([2H])c([2H])c3oc4c(-c5ccc(-c6c7ccccc7c(-c7ccccc7)c7ccccc67)cc5)c([2H])c([2H])c([2H])c4c23)c([2H])c1[2H]. The van der Waals surface area contributed by atoms with Gasteiger partial charge in [0.05, 0.1) is 15.1 Å². The maximum atomic E-state index is 9.05. The molecule has 0 bridgehead atoms. The van der Waals surface area contributed by atoms with E-state index in [1.165, 1.54) is 0 Å². The second kappa shape index (κ2) is 10.4. The molecule has 0 aliphatic carbocycles. The number of hydrogen-bond donors (Lipinski definition) is 0. The first kappa shape index (κ1) is 16.8. The molecule has 0 saturated carbocycles. The van der Waals surface area contributed by atoms with E-state index in [0.29, 0.717) is 5.56 Å². The second-order valence-corrected chi connectivity index (χ2v) is 10.8. The molecule has 1 heteroatoms. The number of para-hydroxylation sites is 1. The molecule has 1 nitrogen and oxygen atoms in total. The molecule has 0 saturated heterocycles. The van der Waals surface area contributed by atoms with E-state index in [4.69, 9.17) is 19.5 Å². The lowest BCUT2D eigenvalue weighted by atomic mass is 9.85. The number of fused-ring (bicyclic) bond motifs is 5. The van der Waals surface area contributed by atoms with Gasteiger partial charge in [-0.25, -0.2) is 0 Å². The summed E-state index contributed by atoms with van der Waals surface area (Å²) in [4.78, 5) is 0. The Kier molecular flexibility index (Phi) is 3.87. The van der Waals surface area contributed by atoms with Crippen LogP contribution in [0.15, 0.2) is 174 Å². The van der Waals surface area contributed by atoms with Crippen molar-refractivity contribution in [3.05, 3.63) is 170 Å². The van der Waals surface area contributed by atoms with E-state index in [-0.39, 0.29) is 44.7 Å². The Hall–Kier alpha value is -5.92. The van der Waals surface area contributed by atoms with Gasteiger partial charge in [-0.2, -0.15) is 0 Å². The fourth-order valence-corrected chi connectivity index (χ4v) is 6.40. The van der Waals surface area contributed by atoms with Crippen molar-refractivity contribution in [2.24, 2.45) is 0 Å². The normalized spacial score (nSPS) is 15.0. The van der Waals surface area contributed by atoms with E-state index in [9.17, 15) is 0 Å². The van der Waals surface area contributed by atoms with Gasteiger partial charge in [0.25, 0.3) is 0 Å². The van der Waals surface area contributed by atoms with E-state index in [2.05, 4.69) is 36.4 Å². The van der Waals surface area contributed by atoms with Crippen LogP contribution >= 0.6 is 0 Å². The van der Waals surface area contributed by atoms with Crippen LogP contribution in [0.3, 0.4) is 0 Å². The Morgan fingerprint density at radius 1 is 0.378 bits per heavy atom. The summed E-state index contributed by atoms with van der Waals surface area (Å²) in [6.07, 6.45) is 0. The van der Waals surface area contributed by atoms with Gasteiger partial charge >= 0.3 is 0 Å². The number of rotatable bonds is 4. The molecule has 0 radical (unpaired) electrons. The van der Waals surface area contributed by atoms with Crippen LogP contribution in [0.4, 0.5) is 0 Å². The van der Waals surface area contributed by atoms with E-state index in [0.717, 1.165) is 43.8 Å². The average molecular weight is 584 g/mol. The topological polar surface area (TPSA) is 13.1 Å². The molecule has 0 aliphatic heterocycles. The van der Waals surface area contributed by atoms with E-state index >= 15 is 0 Å². The van der Waals surface area contributed by atoms with Crippen LogP contribution in [0, 0.1) is 0 Å². The summed E-state index contributed by atoms with van der Waals surface area (Å²) in [7, 11) is 0. The molecule has 1 aromatic heterocycles.